The molecule has 1 aliphatic heterocycles. The third-order valence-corrected chi connectivity index (χ3v) is 7.18. The molecule has 0 aliphatic carbocycles. The quantitative estimate of drug-likeness (QED) is 0.327. The smallest absolute Gasteiger partial charge is 0.416 e. The lowest BCUT2D eigenvalue weighted by Gasteiger charge is -2.40. The Bertz CT molecular complexity index is 869. The first kappa shape index (κ1) is 29.3. The van der Waals surface area contributed by atoms with Gasteiger partial charge in [0.05, 0.1) is 12.2 Å². The highest BCUT2D eigenvalue weighted by Crippen LogP contribution is 2.35. The molecule has 1 heterocycles. The van der Waals surface area contributed by atoms with Crippen molar-refractivity contribution in [2.45, 2.75) is 52.6 Å². The Morgan fingerprint density at radius 1 is 1.00 bits per heavy atom. The van der Waals surface area contributed by atoms with E-state index >= 15 is 0 Å². The summed E-state index contributed by atoms with van der Waals surface area (Å²) in [6.45, 7) is 14.4. The number of ether oxygens (including phenoxy) is 1. The molecule has 2 aromatic rings. The Kier molecular flexibility index (Phi) is 11.2. The summed E-state index contributed by atoms with van der Waals surface area (Å²) in [6, 6.07) is 13.9. The van der Waals surface area contributed by atoms with Gasteiger partial charge in [0.2, 0.25) is 0 Å². The van der Waals surface area contributed by atoms with Crippen molar-refractivity contribution < 1.29 is 17.9 Å². The van der Waals surface area contributed by atoms with Crippen molar-refractivity contribution in [2.24, 2.45) is 11.8 Å². The molecule has 3 rings (SSSR count). The van der Waals surface area contributed by atoms with Gasteiger partial charge in [-0.25, -0.2) is 0 Å². The Hall–Kier alpha value is -1.92. The van der Waals surface area contributed by atoms with Gasteiger partial charge in [-0.2, -0.15) is 13.2 Å². The summed E-state index contributed by atoms with van der Waals surface area (Å²) in [6.07, 6.45) is -2.12. The molecule has 2 aromatic carbocycles. The zero-order valence-electron chi connectivity index (χ0n) is 21.4. The normalized spacial score (nSPS) is 19.6. The summed E-state index contributed by atoms with van der Waals surface area (Å²) >= 11 is 0. The molecule has 0 saturated carbocycles. The number of hydrogen-bond donors (Lipinski definition) is 0. The van der Waals surface area contributed by atoms with E-state index in [0.29, 0.717) is 24.2 Å². The van der Waals surface area contributed by atoms with Crippen LogP contribution in [0, 0.1) is 11.8 Å². The molecular weight excluding hydrogens is 473 g/mol. The van der Waals surface area contributed by atoms with E-state index in [9.17, 15) is 13.2 Å². The van der Waals surface area contributed by atoms with Crippen LogP contribution < -0.4 is 9.64 Å². The second kappa shape index (κ2) is 13.4. The van der Waals surface area contributed by atoms with Crippen molar-refractivity contribution in [3.8, 4) is 5.75 Å². The first-order chi connectivity index (χ1) is 16.2. The lowest BCUT2D eigenvalue weighted by atomic mass is 9.80. The topological polar surface area (TPSA) is 15.7 Å². The van der Waals surface area contributed by atoms with Gasteiger partial charge in [0.25, 0.3) is 0 Å². The largest absolute Gasteiger partial charge is 0.493 e. The van der Waals surface area contributed by atoms with E-state index in [1.54, 1.807) is 0 Å². The lowest BCUT2D eigenvalue weighted by molar-refractivity contribution is -0.137. The number of halogens is 4. The first-order valence-corrected chi connectivity index (χ1v) is 12.6. The Morgan fingerprint density at radius 2 is 1.63 bits per heavy atom. The molecule has 1 unspecified atom stereocenters. The molecule has 1 aliphatic rings. The molecule has 0 amide bonds. The van der Waals surface area contributed by atoms with Gasteiger partial charge in [-0.05, 0) is 80.6 Å². The molecule has 1 saturated heterocycles. The van der Waals surface area contributed by atoms with Crippen molar-refractivity contribution in [3.63, 3.8) is 0 Å². The minimum Gasteiger partial charge on any atom is -0.493 e. The number of rotatable bonds is 10. The summed E-state index contributed by atoms with van der Waals surface area (Å²) in [5, 5.41) is 0. The first-order valence-electron chi connectivity index (χ1n) is 12.6. The summed E-state index contributed by atoms with van der Waals surface area (Å²) in [4.78, 5) is 4.86. The third kappa shape index (κ3) is 8.04. The van der Waals surface area contributed by atoms with Gasteiger partial charge in [-0.1, -0.05) is 32.4 Å². The molecule has 35 heavy (non-hydrogen) atoms. The average Bonchev–Trinajstić information content (AvgIpc) is 2.84. The van der Waals surface area contributed by atoms with Gasteiger partial charge in [-0.3, -0.25) is 0 Å². The lowest BCUT2D eigenvalue weighted by Crippen LogP contribution is -2.43. The molecule has 7 heteroatoms. The van der Waals surface area contributed by atoms with Crippen molar-refractivity contribution in [1.82, 2.24) is 4.90 Å². The van der Waals surface area contributed by atoms with E-state index in [4.69, 9.17) is 4.74 Å². The van der Waals surface area contributed by atoms with Crippen LogP contribution in [0.3, 0.4) is 0 Å². The van der Waals surface area contributed by atoms with E-state index < -0.39 is 11.7 Å². The highest BCUT2D eigenvalue weighted by molar-refractivity contribution is 5.85. The molecular formula is C28H40ClF3N2O. The van der Waals surface area contributed by atoms with Crippen LogP contribution in [0.2, 0.25) is 0 Å². The second-order valence-electron chi connectivity index (χ2n) is 9.53. The average molecular weight is 513 g/mol. The fourth-order valence-electron chi connectivity index (χ4n) is 4.92. The maximum atomic E-state index is 12.9. The van der Waals surface area contributed by atoms with Crippen LogP contribution >= 0.6 is 12.4 Å². The van der Waals surface area contributed by atoms with Gasteiger partial charge >= 0.3 is 6.18 Å². The van der Waals surface area contributed by atoms with E-state index in [2.05, 4.69) is 61.8 Å². The van der Waals surface area contributed by atoms with E-state index in [1.165, 1.54) is 23.4 Å². The summed E-state index contributed by atoms with van der Waals surface area (Å²) in [5.41, 5.74) is 1.91. The molecule has 0 aromatic heterocycles. The van der Waals surface area contributed by atoms with Crippen LogP contribution in [0.1, 0.15) is 57.6 Å². The molecule has 3 nitrogen and oxygen atoms in total. The van der Waals surface area contributed by atoms with Gasteiger partial charge in [0, 0.05) is 37.8 Å². The van der Waals surface area contributed by atoms with E-state index in [1.807, 2.05) is 0 Å². The Balaban J connectivity index is 0.00000432. The fourth-order valence-corrected chi connectivity index (χ4v) is 4.92. The number of alkyl halides is 3. The van der Waals surface area contributed by atoms with Crippen molar-refractivity contribution in [2.75, 3.05) is 44.2 Å². The summed E-state index contributed by atoms with van der Waals surface area (Å²) in [5.74, 6) is 1.77. The van der Waals surface area contributed by atoms with Crippen LogP contribution in [0.25, 0.3) is 0 Å². The highest BCUT2D eigenvalue weighted by atomic mass is 35.5. The molecule has 1 fully saturated rings. The number of hydrogen-bond acceptors (Lipinski definition) is 3. The predicted octanol–water partition coefficient (Wildman–Crippen LogP) is 7.50. The van der Waals surface area contributed by atoms with Gasteiger partial charge in [0.15, 0.2) is 0 Å². The van der Waals surface area contributed by atoms with E-state index in [-0.39, 0.29) is 18.3 Å². The monoisotopic (exact) mass is 512 g/mol. The number of anilines is 1. The maximum absolute atomic E-state index is 12.9. The summed E-state index contributed by atoms with van der Waals surface area (Å²) < 4.78 is 44.7. The molecule has 0 spiro atoms. The Morgan fingerprint density at radius 3 is 2.17 bits per heavy atom. The second-order valence-corrected chi connectivity index (χ2v) is 9.53. The van der Waals surface area contributed by atoms with Crippen LogP contribution in [0.5, 0.6) is 5.75 Å². The number of likely N-dealkylation sites (tertiary alicyclic amines) is 1. The van der Waals surface area contributed by atoms with Crippen LogP contribution in [0.15, 0.2) is 48.5 Å². The highest BCUT2D eigenvalue weighted by Gasteiger charge is 2.32. The minimum atomic E-state index is -4.33. The molecule has 3 atom stereocenters. The molecule has 0 radical (unpaired) electrons. The van der Waals surface area contributed by atoms with Crippen molar-refractivity contribution >= 4 is 18.1 Å². The van der Waals surface area contributed by atoms with Crippen molar-refractivity contribution in [1.29, 1.82) is 0 Å². The summed E-state index contributed by atoms with van der Waals surface area (Å²) in [7, 11) is 0. The van der Waals surface area contributed by atoms with E-state index in [0.717, 1.165) is 57.7 Å². The van der Waals surface area contributed by atoms with Gasteiger partial charge < -0.3 is 14.5 Å². The molecule has 0 N–H and O–H groups in total. The SMILES string of the molecule is CCC(C)CN1CC[C@@H](c2ccc(N(CC)CC)cc2)[C@H](COc2ccc(C(F)(F)F)cc2)C1.Cl. The van der Waals surface area contributed by atoms with Crippen LogP contribution in [0.4, 0.5) is 18.9 Å². The van der Waals surface area contributed by atoms with Crippen LogP contribution in [-0.4, -0.2) is 44.2 Å². The predicted molar refractivity (Wildman–Crippen MR) is 141 cm³/mol. The van der Waals surface area contributed by atoms with Gasteiger partial charge in [0.1, 0.15) is 5.75 Å². The zero-order chi connectivity index (χ0) is 24.7. The number of piperidine rings is 1. The third-order valence-electron chi connectivity index (χ3n) is 7.18. The Labute approximate surface area is 215 Å². The number of benzene rings is 2. The number of nitrogens with zero attached hydrogens (tertiary/aromatic N) is 2. The van der Waals surface area contributed by atoms with Gasteiger partial charge in [-0.15, -0.1) is 12.4 Å². The minimum absolute atomic E-state index is 0. The molecule has 196 valence electrons. The molecule has 0 bridgehead atoms. The fraction of sp³-hybridized carbons (Fsp3) is 0.571. The zero-order valence-corrected chi connectivity index (χ0v) is 22.2. The standard InChI is InChI=1S/C28H39F3N2O.ClH/c1-5-21(4)18-32-17-16-27(22-8-12-25(13-9-22)33(6-2)7-3)23(19-32)20-34-26-14-10-24(11-15-26)28(29,30)31;/h8-15,21,23,27H,5-7,16-20H2,1-4H3;1H/t21?,23-,27-;/m0./s1. The maximum Gasteiger partial charge on any atom is 0.416 e. The van der Waals surface area contributed by atoms with Crippen molar-refractivity contribution in [3.05, 3.63) is 59.7 Å². The van der Waals surface area contributed by atoms with Crippen LogP contribution in [-0.2, 0) is 6.18 Å².